The fourth-order valence-corrected chi connectivity index (χ4v) is 1.09. The van der Waals surface area contributed by atoms with Gasteiger partial charge in [0.2, 0.25) is 5.91 Å². The summed E-state index contributed by atoms with van der Waals surface area (Å²) in [6.45, 7) is 4.94. The fraction of sp³-hybridized carbons (Fsp3) is 0.417. The summed E-state index contributed by atoms with van der Waals surface area (Å²) >= 11 is 0. The number of amides is 1. The van der Waals surface area contributed by atoms with Crippen LogP contribution in [0, 0.1) is 17.5 Å². The van der Waals surface area contributed by atoms with E-state index in [9.17, 15) is 18.0 Å². The van der Waals surface area contributed by atoms with Crippen molar-refractivity contribution in [3.8, 4) is 0 Å². The van der Waals surface area contributed by atoms with Crippen molar-refractivity contribution in [3.05, 3.63) is 29.6 Å². The number of carbonyl (C=O) groups excluding carboxylic acids is 1. The van der Waals surface area contributed by atoms with Crippen LogP contribution in [0.5, 0.6) is 0 Å². The van der Waals surface area contributed by atoms with E-state index >= 15 is 0 Å². The second-order valence-corrected chi connectivity index (χ2v) is 4.70. The van der Waals surface area contributed by atoms with Gasteiger partial charge < -0.3 is 10.1 Å². The Balaban J connectivity index is 2.68. The Kier molecular flexibility index (Phi) is 4.34. The molecule has 0 fully saturated rings. The van der Waals surface area contributed by atoms with Crippen molar-refractivity contribution < 1.29 is 22.7 Å². The van der Waals surface area contributed by atoms with Crippen LogP contribution >= 0.6 is 0 Å². The minimum Gasteiger partial charge on any atom is -0.366 e. The molecule has 0 aromatic heterocycles. The lowest BCUT2D eigenvalue weighted by Crippen LogP contribution is -2.27. The van der Waals surface area contributed by atoms with Gasteiger partial charge in [0.15, 0.2) is 11.6 Å². The highest BCUT2D eigenvalue weighted by atomic mass is 19.2. The summed E-state index contributed by atoms with van der Waals surface area (Å²) < 4.78 is 43.9. The Morgan fingerprint density at radius 3 is 2.28 bits per heavy atom. The normalized spacial score (nSPS) is 11.4. The van der Waals surface area contributed by atoms with Gasteiger partial charge in [-0.2, -0.15) is 0 Å². The molecule has 1 aromatic rings. The standard InChI is InChI=1S/C12H14F3NO2/c1-12(2,3)18-6-11(17)16-10-5-8(14)7(13)4-9(10)15/h4-5H,6H2,1-3H3,(H,16,17). The first kappa shape index (κ1) is 14.5. The van der Waals surface area contributed by atoms with Gasteiger partial charge in [0, 0.05) is 12.1 Å². The van der Waals surface area contributed by atoms with Gasteiger partial charge in [0.05, 0.1) is 11.3 Å². The number of halogens is 3. The fourth-order valence-electron chi connectivity index (χ4n) is 1.09. The molecule has 0 atom stereocenters. The van der Waals surface area contributed by atoms with E-state index < -0.39 is 34.6 Å². The van der Waals surface area contributed by atoms with Crippen LogP contribution in [0.2, 0.25) is 0 Å². The van der Waals surface area contributed by atoms with Crippen LogP contribution in [-0.4, -0.2) is 18.1 Å². The molecule has 1 aromatic carbocycles. The van der Waals surface area contributed by atoms with E-state index in [1.54, 1.807) is 20.8 Å². The van der Waals surface area contributed by atoms with Crippen LogP contribution in [0.3, 0.4) is 0 Å². The average molecular weight is 261 g/mol. The molecule has 0 saturated carbocycles. The van der Waals surface area contributed by atoms with E-state index in [0.29, 0.717) is 12.1 Å². The Labute approximate surface area is 103 Å². The van der Waals surface area contributed by atoms with Gasteiger partial charge >= 0.3 is 0 Å². The van der Waals surface area contributed by atoms with E-state index in [0.717, 1.165) is 0 Å². The summed E-state index contributed by atoms with van der Waals surface area (Å²) in [5.41, 5.74) is -0.944. The molecule has 0 saturated heterocycles. The first-order chi connectivity index (χ1) is 8.19. The molecule has 0 bridgehead atoms. The van der Waals surface area contributed by atoms with Crippen molar-refractivity contribution in [2.24, 2.45) is 0 Å². The van der Waals surface area contributed by atoms with Crippen LogP contribution in [0.4, 0.5) is 18.9 Å². The van der Waals surface area contributed by atoms with E-state index in [-0.39, 0.29) is 6.61 Å². The Bertz CT molecular complexity index is 455. The molecular weight excluding hydrogens is 247 g/mol. The molecule has 0 aliphatic carbocycles. The molecule has 0 heterocycles. The zero-order valence-electron chi connectivity index (χ0n) is 10.3. The minimum atomic E-state index is -1.31. The van der Waals surface area contributed by atoms with Crippen LogP contribution in [0.1, 0.15) is 20.8 Å². The molecule has 6 heteroatoms. The van der Waals surface area contributed by atoms with Crippen molar-refractivity contribution >= 4 is 11.6 Å². The molecule has 0 radical (unpaired) electrons. The molecule has 0 aliphatic heterocycles. The lowest BCUT2D eigenvalue weighted by atomic mass is 10.2. The number of hydrogen-bond donors (Lipinski definition) is 1. The first-order valence-corrected chi connectivity index (χ1v) is 5.27. The maximum absolute atomic E-state index is 13.2. The van der Waals surface area contributed by atoms with E-state index in [4.69, 9.17) is 4.74 Å². The van der Waals surface area contributed by atoms with Crippen molar-refractivity contribution in [1.29, 1.82) is 0 Å². The molecule has 1 amide bonds. The molecule has 100 valence electrons. The van der Waals surface area contributed by atoms with E-state index in [1.165, 1.54) is 0 Å². The zero-order chi connectivity index (χ0) is 13.9. The quantitative estimate of drug-likeness (QED) is 0.850. The van der Waals surface area contributed by atoms with Gasteiger partial charge in [-0.25, -0.2) is 13.2 Å². The van der Waals surface area contributed by atoms with Crippen LogP contribution in [0.15, 0.2) is 12.1 Å². The molecule has 0 unspecified atom stereocenters. The topological polar surface area (TPSA) is 38.3 Å². The summed E-state index contributed by atoms with van der Waals surface area (Å²) in [5, 5.41) is 2.11. The third kappa shape index (κ3) is 4.37. The average Bonchev–Trinajstić information content (AvgIpc) is 2.22. The van der Waals surface area contributed by atoms with E-state index in [2.05, 4.69) is 5.32 Å². The number of benzene rings is 1. The van der Waals surface area contributed by atoms with Crippen molar-refractivity contribution in [3.63, 3.8) is 0 Å². The number of hydrogen-bond acceptors (Lipinski definition) is 2. The van der Waals surface area contributed by atoms with Gasteiger partial charge in [-0.05, 0) is 20.8 Å². The largest absolute Gasteiger partial charge is 0.366 e. The number of nitrogens with one attached hydrogen (secondary N) is 1. The molecule has 18 heavy (non-hydrogen) atoms. The summed E-state index contributed by atoms with van der Waals surface area (Å²) in [6, 6.07) is 0.954. The SMILES string of the molecule is CC(C)(C)OCC(=O)Nc1cc(F)c(F)cc1F. The van der Waals surface area contributed by atoms with Crippen LogP contribution < -0.4 is 5.32 Å². The molecule has 1 N–H and O–H groups in total. The Morgan fingerprint density at radius 1 is 1.17 bits per heavy atom. The Hall–Kier alpha value is -1.56. The molecule has 0 aliphatic rings. The van der Waals surface area contributed by atoms with Gasteiger partial charge in [-0.3, -0.25) is 4.79 Å². The summed E-state index contributed by atoms with van der Waals surface area (Å²) in [6.07, 6.45) is 0. The summed E-state index contributed by atoms with van der Waals surface area (Å²) in [7, 11) is 0. The van der Waals surface area contributed by atoms with Crippen molar-refractivity contribution in [1.82, 2.24) is 0 Å². The predicted octanol–water partition coefficient (Wildman–Crippen LogP) is 2.86. The van der Waals surface area contributed by atoms with Crippen LogP contribution in [0.25, 0.3) is 0 Å². The monoisotopic (exact) mass is 261 g/mol. The third-order valence-corrected chi connectivity index (χ3v) is 1.92. The second-order valence-electron chi connectivity index (χ2n) is 4.70. The number of rotatable bonds is 3. The van der Waals surface area contributed by atoms with Crippen molar-refractivity contribution in [2.45, 2.75) is 26.4 Å². The highest BCUT2D eigenvalue weighted by Gasteiger charge is 2.15. The molecule has 0 spiro atoms. The number of carbonyl (C=O) groups is 1. The van der Waals surface area contributed by atoms with Gasteiger partial charge in [-0.15, -0.1) is 0 Å². The zero-order valence-corrected chi connectivity index (χ0v) is 10.3. The summed E-state index contributed by atoms with van der Waals surface area (Å²) in [5.74, 6) is -4.23. The Morgan fingerprint density at radius 2 is 1.72 bits per heavy atom. The first-order valence-electron chi connectivity index (χ1n) is 5.27. The second kappa shape index (κ2) is 5.39. The van der Waals surface area contributed by atoms with Crippen molar-refractivity contribution in [2.75, 3.05) is 11.9 Å². The maximum atomic E-state index is 13.2. The number of anilines is 1. The number of ether oxygens (including phenoxy) is 1. The maximum Gasteiger partial charge on any atom is 0.250 e. The lowest BCUT2D eigenvalue weighted by molar-refractivity contribution is -0.125. The summed E-state index contributed by atoms with van der Waals surface area (Å²) in [4.78, 5) is 11.4. The highest BCUT2D eigenvalue weighted by molar-refractivity contribution is 5.91. The molecule has 1 rings (SSSR count). The third-order valence-electron chi connectivity index (χ3n) is 1.92. The smallest absolute Gasteiger partial charge is 0.250 e. The molecular formula is C12H14F3NO2. The van der Waals surface area contributed by atoms with Crippen LogP contribution in [-0.2, 0) is 9.53 Å². The minimum absolute atomic E-state index is 0.304. The highest BCUT2D eigenvalue weighted by Crippen LogP contribution is 2.18. The predicted molar refractivity (Wildman–Crippen MR) is 60.7 cm³/mol. The molecule has 3 nitrogen and oxygen atoms in total. The lowest BCUT2D eigenvalue weighted by Gasteiger charge is -2.19. The van der Waals surface area contributed by atoms with Gasteiger partial charge in [-0.1, -0.05) is 0 Å². The van der Waals surface area contributed by atoms with Gasteiger partial charge in [0.1, 0.15) is 12.4 Å². The van der Waals surface area contributed by atoms with Gasteiger partial charge in [0.25, 0.3) is 0 Å². The van der Waals surface area contributed by atoms with E-state index in [1.807, 2.05) is 0 Å².